The Hall–Kier alpha value is -1.06. The summed E-state index contributed by atoms with van der Waals surface area (Å²) in [4.78, 5) is 12.0. The molecule has 0 saturated carbocycles. The molecule has 0 aliphatic heterocycles. The molecule has 0 fully saturated rings. The molecule has 0 bridgehead atoms. The van der Waals surface area contributed by atoms with E-state index in [0.29, 0.717) is 6.54 Å². The number of amides is 1. The molecular weight excluding hydrogens is 248 g/mol. The number of nitrogens with one attached hydrogen (secondary N) is 2. The van der Waals surface area contributed by atoms with Crippen molar-refractivity contribution in [1.29, 1.82) is 0 Å². The van der Waals surface area contributed by atoms with Gasteiger partial charge in [-0.2, -0.15) is 0 Å². The highest BCUT2D eigenvalue weighted by molar-refractivity contribution is 5.85. The second-order valence-corrected chi connectivity index (χ2v) is 4.91. The molecule has 0 atom stereocenters. The number of likely N-dealkylation sites (N-methyl/N-ethyl adjacent to an activating group) is 1. The van der Waals surface area contributed by atoms with Gasteiger partial charge in [0.05, 0.1) is 0 Å². The van der Waals surface area contributed by atoms with E-state index in [1.54, 1.807) is 0 Å². The van der Waals surface area contributed by atoms with Crippen LogP contribution in [-0.2, 0) is 11.2 Å². The zero-order chi connectivity index (χ0) is 12.7. The predicted octanol–water partition coefficient (Wildman–Crippen LogP) is 2.01. The van der Waals surface area contributed by atoms with Gasteiger partial charge in [-0.25, -0.2) is 0 Å². The van der Waals surface area contributed by atoms with Crippen LogP contribution in [0.15, 0.2) is 30.3 Å². The zero-order valence-corrected chi connectivity index (χ0v) is 12.1. The van der Waals surface area contributed by atoms with Gasteiger partial charge < -0.3 is 10.6 Å². The lowest BCUT2D eigenvalue weighted by molar-refractivity contribution is -0.129. The molecule has 1 aromatic carbocycles. The van der Waals surface area contributed by atoms with Crippen LogP contribution in [0.25, 0.3) is 0 Å². The number of hydrogen-bond donors (Lipinski definition) is 2. The molecule has 1 rings (SSSR count). The van der Waals surface area contributed by atoms with Crippen LogP contribution >= 0.6 is 12.4 Å². The van der Waals surface area contributed by atoms with E-state index in [4.69, 9.17) is 0 Å². The highest BCUT2D eigenvalue weighted by Gasteiger charge is 2.27. The summed E-state index contributed by atoms with van der Waals surface area (Å²) in [6, 6.07) is 10.1. The number of rotatable bonds is 6. The van der Waals surface area contributed by atoms with Crippen molar-refractivity contribution in [2.75, 3.05) is 20.1 Å². The van der Waals surface area contributed by atoms with Crippen molar-refractivity contribution in [2.24, 2.45) is 5.41 Å². The van der Waals surface area contributed by atoms with Crippen molar-refractivity contribution in [3.05, 3.63) is 35.9 Å². The summed E-state index contributed by atoms with van der Waals surface area (Å²) in [5.41, 5.74) is 0.830. The fourth-order valence-corrected chi connectivity index (χ4v) is 1.73. The average Bonchev–Trinajstić information content (AvgIpc) is 2.30. The van der Waals surface area contributed by atoms with Crippen molar-refractivity contribution in [2.45, 2.75) is 20.3 Å². The van der Waals surface area contributed by atoms with Crippen LogP contribution in [0.2, 0.25) is 0 Å². The fraction of sp³-hybridized carbons (Fsp3) is 0.500. The Balaban J connectivity index is 0.00000289. The maximum Gasteiger partial charge on any atom is 0.226 e. The van der Waals surface area contributed by atoms with E-state index in [0.717, 1.165) is 13.0 Å². The predicted molar refractivity (Wildman–Crippen MR) is 78.1 cm³/mol. The molecule has 3 nitrogen and oxygen atoms in total. The maximum atomic E-state index is 12.0. The lowest BCUT2D eigenvalue weighted by Crippen LogP contribution is -2.40. The molecular formula is C14H23ClN2O. The SMILES string of the molecule is CNCCNC(=O)C(C)(C)Cc1ccccc1.Cl. The Bertz CT molecular complexity index is 352. The topological polar surface area (TPSA) is 41.1 Å². The molecule has 0 aliphatic carbocycles. The third-order valence-corrected chi connectivity index (χ3v) is 2.76. The third kappa shape index (κ3) is 5.52. The van der Waals surface area contributed by atoms with Gasteiger partial charge >= 0.3 is 0 Å². The van der Waals surface area contributed by atoms with Gasteiger partial charge in [0, 0.05) is 18.5 Å². The Morgan fingerprint density at radius 3 is 2.33 bits per heavy atom. The van der Waals surface area contributed by atoms with Crippen LogP contribution in [0.1, 0.15) is 19.4 Å². The normalized spacial score (nSPS) is 10.6. The molecule has 18 heavy (non-hydrogen) atoms. The van der Waals surface area contributed by atoms with Gasteiger partial charge in [-0.1, -0.05) is 44.2 Å². The first-order valence-corrected chi connectivity index (χ1v) is 6.03. The average molecular weight is 271 g/mol. The summed E-state index contributed by atoms with van der Waals surface area (Å²) in [5.74, 6) is 0.108. The summed E-state index contributed by atoms with van der Waals surface area (Å²) in [6.45, 7) is 5.43. The van der Waals surface area contributed by atoms with E-state index >= 15 is 0 Å². The summed E-state index contributed by atoms with van der Waals surface area (Å²) < 4.78 is 0. The minimum absolute atomic E-state index is 0. The Kier molecular flexibility index (Phi) is 7.64. The first kappa shape index (κ1) is 16.9. The Morgan fingerprint density at radius 1 is 1.17 bits per heavy atom. The van der Waals surface area contributed by atoms with Crippen molar-refractivity contribution in [3.63, 3.8) is 0 Å². The smallest absolute Gasteiger partial charge is 0.226 e. The van der Waals surface area contributed by atoms with E-state index in [1.807, 2.05) is 39.1 Å². The Morgan fingerprint density at radius 2 is 1.78 bits per heavy atom. The Labute approximate surface area is 116 Å². The van der Waals surface area contributed by atoms with Crippen molar-refractivity contribution in [1.82, 2.24) is 10.6 Å². The maximum absolute atomic E-state index is 12.0. The van der Waals surface area contributed by atoms with Gasteiger partial charge in [0.15, 0.2) is 0 Å². The molecule has 1 amide bonds. The number of carbonyl (C=O) groups is 1. The van der Waals surface area contributed by atoms with Gasteiger partial charge in [0.1, 0.15) is 0 Å². The van der Waals surface area contributed by atoms with Gasteiger partial charge in [-0.05, 0) is 19.0 Å². The van der Waals surface area contributed by atoms with E-state index in [-0.39, 0.29) is 23.7 Å². The van der Waals surface area contributed by atoms with E-state index in [9.17, 15) is 4.79 Å². The highest BCUT2D eigenvalue weighted by atomic mass is 35.5. The van der Waals surface area contributed by atoms with Crippen LogP contribution < -0.4 is 10.6 Å². The van der Waals surface area contributed by atoms with E-state index in [1.165, 1.54) is 5.56 Å². The highest BCUT2D eigenvalue weighted by Crippen LogP contribution is 2.21. The lowest BCUT2D eigenvalue weighted by Gasteiger charge is -2.23. The number of benzene rings is 1. The van der Waals surface area contributed by atoms with Gasteiger partial charge in [0.25, 0.3) is 0 Å². The molecule has 0 saturated heterocycles. The minimum atomic E-state index is -0.366. The molecule has 0 unspecified atom stereocenters. The van der Waals surface area contributed by atoms with Gasteiger partial charge in [0.2, 0.25) is 5.91 Å². The van der Waals surface area contributed by atoms with Crippen molar-refractivity contribution >= 4 is 18.3 Å². The second kappa shape index (κ2) is 8.11. The van der Waals surface area contributed by atoms with Gasteiger partial charge in [-0.15, -0.1) is 12.4 Å². The van der Waals surface area contributed by atoms with E-state index in [2.05, 4.69) is 22.8 Å². The van der Waals surface area contributed by atoms with Crippen molar-refractivity contribution in [3.8, 4) is 0 Å². The van der Waals surface area contributed by atoms with Crippen LogP contribution in [0.5, 0.6) is 0 Å². The molecule has 0 heterocycles. The standard InChI is InChI=1S/C14H22N2O.ClH/c1-14(2,13(17)16-10-9-15-3)11-12-7-5-4-6-8-12;/h4-8,15H,9-11H2,1-3H3,(H,16,17);1H. The summed E-state index contributed by atoms with van der Waals surface area (Å²) >= 11 is 0. The van der Waals surface area contributed by atoms with E-state index < -0.39 is 0 Å². The number of carbonyl (C=O) groups excluding carboxylic acids is 1. The first-order chi connectivity index (χ1) is 8.06. The quantitative estimate of drug-likeness (QED) is 0.777. The molecule has 0 radical (unpaired) electrons. The molecule has 4 heteroatoms. The van der Waals surface area contributed by atoms with Crippen LogP contribution in [0.3, 0.4) is 0 Å². The van der Waals surface area contributed by atoms with Crippen molar-refractivity contribution < 1.29 is 4.79 Å². The summed E-state index contributed by atoms with van der Waals surface area (Å²) in [6.07, 6.45) is 0.763. The zero-order valence-electron chi connectivity index (χ0n) is 11.3. The largest absolute Gasteiger partial charge is 0.354 e. The van der Waals surface area contributed by atoms with Crippen LogP contribution in [-0.4, -0.2) is 26.0 Å². The molecule has 1 aromatic rings. The molecule has 2 N–H and O–H groups in total. The summed E-state index contributed by atoms with van der Waals surface area (Å²) in [7, 11) is 1.88. The fourth-order valence-electron chi connectivity index (χ4n) is 1.73. The van der Waals surface area contributed by atoms with Crippen LogP contribution in [0, 0.1) is 5.41 Å². The number of hydrogen-bond acceptors (Lipinski definition) is 2. The minimum Gasteiger partial charge on any atom is -0.354 e. The molecule has 102 valence electrons. The van der Waals surface area contributed by atoms with Gasteiger partial charge in [-0.3, -0.25) is 4.79 Å². The van der Waals surface area contributed by atoms with Crippen LogP contribution in [0.4, 0.5) is 0 Å². The molecule has 0 spiro atoms. The molecule has 0 aliphatic rings. The number of halogens is 1. The monoisotopic (exact) mass is 270 g/mol. The summed E-state index contributed by atoms with van der Waals surface area (Å²) in [5, 5.41) is 5.95. The molecule has 0 aromatic heterocycles. The third-order valence-electron chi connectivity index (χ3n) is 2.76. The second-order valence-electron chi connectivity index (χ2n) is 4.91. The first-order valence-electron chi connectivity index (χ1n) is 6.03. The lowest BCUT2D eigenvalue weighted by atomic mass is 9.85.